The molecule has 6 nitrogen and oxygen atoms in total. The van der Waals surface area contributed by atoms with Crippen LogP contribution in [0.25, 0.3) is 0 Å². The standard InChI is InChI=1S/C22H34O6/c1-2-3-4-5-6-7-8-9-10-11-20-19(25)16-21(28-20)18(24)14-12-17(23)13-15-22(26)27/h3-4,6-7,9-10,12,14,17-21,23-25H,2,5,8,11,13,15-16H2,1H3,(H,26,27)/b4-3-,7-6-,10-9-,14-12+/t17-,18+,19-,20+,21+/m0/s1. The van der Waals surface area contributed by atoms with Gasteiger partial charge in [0.15, 0.2) is 0 Å². The Balaban J connectivity index is 2.32. The number of allylic oxidation sites excluding steroid dienone is 5. The van der Waals surface area contributed by atoms with E-state index in [9.17, 15) is 20.1 Å². The molecule has 0 bridgehead atoms. The van der Waals surface area contributed by atoms with Crippen LogP contribution in [0.5, 0.6) is 0 Å². The molecule has 0 aliphatic carbocycles. The van der Waals surface area contributed by atoms with Gasteiger partial charge < -0.3 is 25.2 Å². The Labute approximate surface area is 167 Å². The van der Waals surface area contributed by atoms with Crippen molar-refractivity contribution in [3.8, 4) is 0 Å². The first-order valence-corrected chi connectivity index (χ1v) is 9.98. The molecule has 1 saturated heterocycles. The minimum absolute atomic E-state index is 0.0868. The molecule has 28 heavy (non-hydrogen) atoms. The molecule has 0 aromatic carbocycles. The Hall–Kier alpha value is -1.73. The molecule has 1 rings (SSSR count). The van der Waals surface area contributed by atoms with Crippen LogP contribution in [0, 0.1) is 0 Å². The fourth-order valence-electron chi connectivity index (χ4n) is 2.87. The lowest BCUT2D eigenvalue weighted by molar-refractivity contribution is -0.137. The van der Waals surface area contributed by atoms with Crippen molar-refractivity contribution in [3.63, 3.8) is 0 Å². The van der Waals surface area contributed by atoms with E-state index in [4.69, 9.17) is 9.84 Å². The number of carboxylic acid groups (broad SMARTS) is 1. The van der Waals surface area contributed by atoms with Gasteiger partial charge in [0.1, 0.15) is 0 Å². The number of aliphatic hydroxyl groups is 3. The SMILES string of the molecule is CC/C=C\C/C=C\C/C=C\C[C@H]1O[C@@H]([C@H](O)/C=C/[C@H](O)CCC(=O)O)C[C@@H]1O. The zero-order chi connectivity index (χ0) is 20.8. The Morgan fingerprint density at radius 3 is 2.36 bits per heavy atom. The highest BCUT2D eigenvalue weighted by molar-refractivity contribution is 5.66. The number of rotatable bonds is 13. The number of hydrogen-bond donors (Lipinski definition) is 4. The summed E-state index contributed by atoms with van der Waals surface area (Å²) < 4.78 is 5.73. The number of aliphatic hydroxyl groups excluding tert-OH is 3. The second-order valence-electron chi connectivity index (χ2n) is 6.92. The molecule has 1 heterocycles. The summed E-state index contributed by atoms with van der Waals surface area (Å²) in [4.78, 5) is 10.5. The molecule has 0 saturated carbocycles. The topological polar surface area (TPSA) is 107 Å². The highest BCUT2D eigenvalue weighted by atomic mass is 16.5. The number of carbonyl (C=O) groups is 1. The molecule has 0 aromatic heterocycles. The molecule has 1 aliphatic heterocycles. The van der Waals surface area contributed by atoms with Crippen LogP contribution in [0.3, 0.4) is 0 Å². The molecule has 0 spiro atoms. The summed E-state index contributed by atoms with van der Waals surface area (Å²) in [6.45, 7) is 2.11. The van der Waals surface area contributed by atoms with E-state index in [0.717, 1.165) is 19.3 Å². The van der Waals surface area contributed by atoms with E-state index in [-0.39, 0.29) is 18.9 Å². The molecule has 1 aliphatic rings. The second-order valence-corrected chi connectivity index (χ2v) is 6.92. The predicted octanol–water partition coefficient (Wildman–Crippen LogP) is 2.90. The number of hydrogen-bond acceptors (Lipinski definition) is 5. The maximum atomic E-state index is 10.5. The third-order valence-corrected chi connectivity index (χ3v) is 4.47. The largest absolute Gasteiger partial charge is 0.481 e. The monoisotopic (exact) mass is 394 g/mol. The van der Waals surface area contributed by atoms with E-state index in [1.165, 1.54) is 12.2 Å². The van der Waals surface area contributed by atoms with Gasteiger partial charge in [-0.05, 0) is 32.1 Å². The molecule has 158 valence electrons. The summed E-state index contributed by atoms with van der Waals surface area (Å²) in [5.41, 5.74) is 0. The Bertz CT molecular complexity index is 551. The maximum Gasteiger partial charge on any atom is 0.303 e. The summed E-state index contributed by atoms with van der Waals surface area (Å²) in [5.74, 6) is -0.977. The lowest BCUT2D eigenvalue weighted by atomic mass is 10.0. The highest BCUT2D eigenvalue weighted by Gasteiger charge is 2.36. The Morgan fingerprint density at radius 1 is 1.07 bits per heavy atom. The summed E-state index contributed by atoms with van der Waals surface area (Å²) in [7, 11) is 0. The van der Waals surface area contributed by atoms with Crippen LogP contribution >= 0.6 is 0 Å². The maximum absolute atomic E-state index is 10.5. The average molecular weight is 395 g/mol. The van der Waals surface area contributed by atoms with Crippen LogP contribution < -0.4 is 0 Å². The third-order valence-electron chi connectivity index (χ3n) is 4.47. The molecule has 0 aromatic rings. The van der Waals surface area contributed by atoms with Gasteiger partial charge in [0, 0.05) is 12.8 Å². The number of aliphatic carboxylic acids is 1. The van der Waals surface area contributed by atoms with Crippen molar-refractivity contribution in [1.82, 2.24) is 0 Å². The van der Waals surface area contributed by atoms with E-state index in [1.807, 2.05) is 12.2 Å². The van der Waals surface area contributed by atoms with Crippen LogP contribution in [0.1, 0.15) is 51.9 Å². The summed E-state index contributed by atoms with van der Waals surface area (Å²) in [6, 6.07) is 0. The van der Waals surface area contributed by atoms with Gasteiger partial charge in [-0.2, -0.15) is 0 Å². The normalized spacial score (nSPS) is 25.5. The van der Waals surface area contributed by atoms with Gasteiger partial charge in [0.2, 0.25) is 0 Å². The van der Waals surface area contributed by atoms with Crippen LogP contribution in [0.15, 0.2) is 48.6 Å². The molecule has 0 amide bonds. The lowest BCUT2D eigenvalue weighted by Gasteiger charge is -2.16. The number of carboxylic acids is 1. The predicted molar refractivity (Wildman–Crippen MR) is 109 cm³/mol. The van der Waals surface area contributed by atoms with E-state index in [2.05, 4.69) is 31.2 Å². The van der Waals surface area contributed by atoms with Gasteiger partial charge in [-0.1, -0.05) is 55.5 Å². The van der Waals surface area contributed by atoms with Crippen LogP contribution in [-0.4, -0.2) is 56.9 Å². The highest BCUT2D eigenvalue weighted by Crippen LogP contribution is 2.26. The summed E-state index contributed by atoms with van der Waals surface area (Å²) in [6.07, 6.45) is 15.5. The fraction of sp³-hybridized carbons (Fsp3) is 0.591. The molecule has 4 N–H and O–H groups in total. The fourth-order valence-corrected chi connectivity index (χ4v) is 2.87. The second kappa shape index (κ2) is 14.3. The van der Waals surface area contributed by atoms with Crippen molar-refractivity contribution in [2.45, 2.75) is 82.4 Å². The van der Waals surface area contributed by atoms with Gasteiger partial charge in [-0.3, -0.25) is 4.79 Å². The van der Waals surface area contributed by atoms with Gasteiger partial charge in [-0.15, -0.1) is 0 Å². The Kier molecular flexibility index (Phi) is 12.4. The van der Waals surface area contributed by atoms with Gasteiger partial charge in [0.05, 0.1) is 30.5 Å². The van der Waals surface area contributed by atoms with Crippen molar-refractivity contribution in [1.29, 1.82) is 0 Å². The molecular formula is C22H34O6. The molecule has 1 fully saturated rings. The minimum atomic E-state index is -0.977. The van der Waals surface area contributed by atoms with Gasteiger partial charge >= 0.3 is 5.97 Å². The first-order valence-electron chi connectivity index (χ1n) is 9.98. The van der Waals surface area contributed by atoms with E-state index < -0.39 is 30.4 Å². The Morgan fingerprint density at radius 2 is 1.71 bits per heavy atom. The van der Waals surface area contributed by atoms with Gasteiger partial charge in [0.25, 0.3) is 0 Å². The third kappa shape index (κ3) is 10.6. The van der Waals surface area contributed by atoms with Crippen molar-refractivity contribution < 1.29 is 30.0 Å². The lowest BCUT2D eigenvalue weighted by Crippen LogP contribution is -2.24. The average Bonchev–Trinajstić information content (AvgIpc) is 3.03. The van der Waals surface area contributed by atoms with Crippen molar-refractivity contribution >= 4 is 5.97 Å². The molecular weight excluding hydrogens is 360 g/mol. The van der Waals surface area contributed by atoms with Crippen molar-refractivity contribution in [2.75, 3.05) is 0 Å². The first-order chi connectivity index (χ1) is 13.4. The van der Waals surface area contributed by atoms with E-state index in [0.29, 0.717) is 12.8 Å². The molecule has 5 atom stereocenters. The quantitative estimate of drug-likeness (QED) is 0.358. The smallest absolute Gasteiger partial charge is 0.303 e. The summed E-state index contributed by atoms with van der Waals surface area (Å²) in [5, 5.41) is 38.5. The molecule has 0 radical (unpaired) electrons. The zero-order valence-electron chi connectivity index (χ0n) is 16.6. The van der Waals surface area contributed by atoms with Crippen LogP contribution in [-0.2, 0) is 9.53 Å². The number of ether oxygens (including phenoxy) is 1. The zero-order valence-corrected chi connectivity index (χ0v) is 16.6. The summed E-state index contributed by atoms with van der Waals surface area (Å²) >= 11 is 0. The molecule has 0 unspecified atom stereocenters. The van der Waals surface area contributed by atoms with Crippen LogP contribution in [0.4, 0.5) is 0 Å². The van der Waals surface area contributed by atoms with Crippen molar-refractivity contribution in [2.24, 2.45) is 0 Å². The minimum Gasteiger partial charge on any atom is -0.481 e. The first kappa shape index (κ1) is 24.3. The molecule has 6 heteroatoms. The van der Waals surface area contributed by atoms with Crippen LogP contribution in [0.2, 0.25) is 0 Å². The van der Waals surface area contributed by atoms with E-state index >= 15 is 0 Å². The van der Waals surface area contributed by atoms with Gasteiger partial charge in [-0.25, -0.2) is 0 Å². The van der Waals surface area contributed by atoms with Crippen molar-refractivity contribution in [3.05, 3.63) is 48.6 Å². The van der Waals surface area contributed by atoms with E-state index in [1.54, 1.807) is 0 Å².